The van der Waals surface area contributed by atoms with E-state index < -0.39 is 11.5 Å². The highest BCUT2D eigenvalue weighted by molar-refractivity contribution is 5.98. The van der Waals surface area contributed by atoms with Crippen molar-refractivity contribution in [2.45, 2.75) is 25.3 Å². The molecule has 0 spiro atoms. The van der Waals surface area contributed by atoms with E-state index in [1.165, 1.54) is 0 Å². The summed E-state index contributed by atoms with van der Waals surface area (Å²) in [5.74, 6) is -0.220. The maximum Gasteiger partial charge on any atom is 0.344 e. The maximum absolute atomic E-state index is 12.3. The molecule has 0 aliphatic carbocycles. The Kier molecular flexibility index (Phi) is 5.95. The molecule has 126 valence electrons. The average Bonchev–Trinajstić information content (AvgIpc) is 2.54. The number of carbonyl (C=O) groups excluding carboxylic acids is 2. The first-order valence-electron chi connectivity index (χ1n) is 7.60. The van der Waals surface area contributed by atoms with E-state index in [0.29, 0.717) is 44.1 Å². The first-order chi connectivity index (χ1) is 11.0. The number of hydrogen-bond donors (Lipinski definition) is 2. The summed E-state index contributed by atoms with van der Waals surface area (Å²) in [6.45, 7) is 2.82. The van der Waals surface area contributed by atoms with Gasteiger partial charge in [0, 0.05) is 25.0 Å². The first kappa shape index (κ1) is 17.2. The number of amides is 1. The van der Waals surface area contributed by atoms with Crippen LogP contribution in [0.1, 0.15) is 19.8 Å². The number of nitrogens with two attached hydrogens (primary N) is 1. The molecule has 3 N–H and O–H groups in total. The van der Waals surface area contributed by atoms with Crippen LogP contribution in [0.4, 0.5) is 5.69 Å². The Balaban J connectivity index is 1.94. The molecule has 1 aromatic rings. The van der Waals surface area contributed by atoms with Gasteiger partial charge in [-0.05, 0) is 31.9 Å². The Morgan fingerprint density at radius 3 is 2.78 bits per heavy atom. The van der Waals surface area contributed by atoms with Crippen molar-refractivity contribution in [3.8, 4) is 5.75 Å². The van der Waals surface area contributed by atoms with Gasteiger partial charge in [0.15, 0.2) is 6.61 Å². The minimum absolute atomic E-state index is 0.177. The molecule has 1 amide bonds. The molecule has 1 aromatic carbocycles. The summed E-state index contributed by atoms with van der Waals surface area (Å²) in [6.07, 6.45) is 0.968. The van der Waals surface area contributed by atoms with Gasteiger partial charge in [0.05, 0.1) is 6.61 Å². The third-order valence-electron chi connectivity index (χ3n) is 3.59. The van der Waals surface area contributed by atoms with Gasteiger partial charge < -0.3 is 25.3 Å². The van der Waals surface area contributed by atoms with Crippen LogP contribution in [0, 0.1) is 0 Å². The maximum atomic E-state index is 12.3. The number of nitrogens with one attached hydrogen (secondary N) is 1. The lowest BCUT2D eigenvalue weighted by Crippen LogP contribution is -2.54. The fourth-order valence-electron chi connectivity index (χ4n) is 2.23. The summed E-state index contributed by atoms with van der Waals surface area (Å²) in [7, 11) is 0. The summed E-state index contributed by atoms with van der Waals surface area (Å²) in [5, 5.41) is 2.79. The zero-order valence-corrected chi connectivity index (χ0v) is 13.2. The molecule has 1 aliphatic heterocycles. The summed E-state index contributed by atoms with van der Waals surface area (Å²) in [4.78, 5) is 23.6. The van der Waals surface area contributed by atoms with Crippen LogP contribution in [0.15, 0.2) is 24.3 Å². The second kappa shape index (κ2) is 7.94. The number of ether oxygens (including phenoxy) is 3. The van der Waals surface area contributed by atoms with Crippen molar-refractivity contribution in [3.05, 3.63) is 24.3 Å². The lowest BCUT2D eigenvalue weighted by Gasteiger charge is -2.31. The van der Waals surface area contributed by atoms with Crippen LogP contribution in [0.5, 0.6) is 5.75 Å². The van der Waals surface area contributed by atoms with Crippen LogP contribution in [-0.4, -0.2) is 43.8 Å². The van der Waals surface area contributed by atoms with Gasteiger partial charge >= 0.3 is 5.97 Å². The molecule has 0 bridgehead atoms. The molecule has 1 aliphatic rings. The normalized spacial score (nSPS) is 16.4. The average molecular weight is 322 g/mol. The minimum atomic E-state index is -0.917. The number of carbonyl (C=O) groups is 2. The second-order valence-electron chi connectivity index (χ2n) is 5.34. The second-order valence-corrected chi connectivity index (χ2v) is 5.34. The van der Waals surface area contributed by atoms with E-state index in [1.54, 1.807) is 31.2 Å². The van der Waals surface area contributed by atoms with Crippen molar-refractivity contribution in [2.24, 2.45) is 5.73 Å². The Morgan fingerprint density at radius 2 is 2.09 bits per heavy atom. The Morgan fingerprint density at radius 1 is 1.35 bits per heavy atom. The van der Waals surface area contributed by atoms with Gasteiger partial charge in [0.25, 0.3) is 0 Å². The summed E-state index contributed by atoms with van der Waals surface area (Å²) in [6, 6.07) is 6.79. The van der Waals surface area contributed by atoms with E-state index in [4.69, 9.17) is 19.9 Å². The highest BCUT2D eigenvalue weighted by Crippen LogP contribution is 2.22. The molecular weight excluding hydrogens is 300 g/mol. The zero-order valence-electron chi connectivity index (χ0n) is 13.2. The Labute approximate surface area is 135 Å². The lowest BCUT2D eigenvalue weighted by atomic mass is 9.90. The molecule has 0 saturated carbocycles. The molecular formula is C16H22N2O5. The van der Waals surface area contributed by atoms with Crippen molar-refractivity contribution in [1.29, 1.82) is 0 Å². The largest absolute Gasteiger partial charge is 0.482 e. The van der Waals surface area contributed by atoms with E-state index in [2.05, 4.69) is 5.32 Å². The number of esters is 1. The van der Waals surface area contributed by atoms with Gasteiger partial charge in [-0.3, -0.25) is 4.79 Å². The molecule has 2 rings (SSSR count). The number of anilines is 1. The van der Waals surface area contributed by atoms with E-state index >= 15 is 0 Å². The monoisotopic (exact) mass is 322 g/mol. The molecule has 0 radical (unpaired) electrons. The quantitative estimate of drug-likeness (QED) is 0.760. The fraction of sp³-hybridized carbons (Fsp3) is 0.500. The number of hydrogen-bond acceptors (Lipinski definition) is 6. The zero-order chi connectivity index (χ0) is 16.7. The summed E-state index contributed by atoms with van der Waals surface area (Å²) >= 11 is 0. The smallest absolute Gasteiger partial charge is 0.344 e. The van der Waals surface area contributed by atoms with E-state index in [-0.39, 0.29) is 12.5 Å². The summed E-state index contributed by atoms with van der Waals surface area (Å²) in [5.41, 5.74) is 5.78. The highest BCUT2D eigenvalue weighted by Gasteiger charge is 2.35. The number of benzene rings is 1. The Bertz CT molecular complexity index is 555. The van der Waals surface area contributed by atoms with Crippen LogP contribution in [0.25, 0.3) is 0 Å². The predicted molar refractivity (Wildman–Crippen MR) is 84.2 cm³/mol. The molecule has 0 atom stereocenters. The van der Waals surface area contributed by atoms with E-state index in [1.807, 2.05) is 0 Å². The van der Waals surface area contributed by atoms with Crippen molar-refractivity contribution in [1.82, 2.24) is 0 Å². The standard InChI is InChI=1S/C16H22N2O5/c1-2-22-14(19)11-23-13-5-3-4-12(10-13)18-15(20)16(17)6-8-21-9-7-16/h3-5,10H,2,6-9,11,17H2,1H3,(H,18,20). The topological polar surface area (TPSA) is 99.9 Å². The molecule has 7 nitrogen and oxygen atoms in total. The first-order valence-corrected chi connectivity index (χ1v) is 7.60. The van der Waals surface area contributed by atoms with Crippen molar-refractivity contribution in [2.75, 3.05) is 31.7 Å². The van der Waals surface area contributed by atoms with Crippen LogP contribution >= 0.6 is 0 Å². The molecule has 1 fully saturated rings. The predicted octanol–water partition coefficient (Wildman–Crippen LogP) is 1.07. The van der Waals surface area contributed by atoms with Gasteiger partial charge in [-0.1, -0.05) is 6.07 Å². The summed E-state index contributed by atoms with van der Waals surface area (Å²) < 4.78 is 15.4. The highest BCUT2D eigenvalue weighted by atomic mass is 16.6. The lowest BCUT2D eigenvalue weighted by molar-refractivity contribution is -0.145. The number of rotatable bonds is 6. The molecule has 0 unspecified atom stereocenters. The minimum Gasteiger partial charge on any atom is -0.482 e. The van der Waals surface area contributed by atoms with Crippen LogP contribution in [0.3, 0.4) is 0 Å². The Hall–Kier alpha value is -2.12. The SMILES string of the molecule is CCOC(=O)COc1cccc(NC(=O)C2(N)CCOCC2)c1. The van der Waals surface area contributed by atoms with E-state index in [9.17, 15) is 9.59 Å². The van der Waals surface area contributed by atoms with E-state index in [0.717, 1.165) is 0 Å². The van der Waals surface area contributed by atoms with Gasteiger partial charge in [0.1, 0.15) is 11.3 Å². The van der Waals surface area contributed by atoms with Gasteiger partial charge in [0.2, 0.25) is 5.91 Å². The third kappa shape index (κ3) is 4.94. The van der Waals surface area contributed by atoms with Gasteiger partial charge in [-0.25, -0.2) is 4.79 Å². The molecule has 23 heavy (non-hydrogen) atoms. The van der Waals surface area contributed by atoms with Crippen LogP contribution in [0.2, 0.25) is 0 Å². The van der Waals surface area contributed by atoms with Crippen LogP contribution < -0.4 is 15.8 Å². The van der Waals surface area contributed by atoms with Crippen molar-refractivity contribution >= 4 is 17.6 Å². The fourth-order valence-corrected chi connectivity index (χ4v) is 2.23. The van der Waals surface area contributed by atoms with Crippen molar-refractivity contribution in [3.63, 3.8) is 0 Å². The molecule has 0 aromatic heterocycles. The van der Waals surface area contributed by atoms with Crippen molar-refractivity contribution < 1.29 is 23.8 Å². The molecule has 7 heteroatoms. The molecule has 1 heterocycles. The van der Waals surface area contributed by atoms with Crippen LogP contribution in [-0.2, 0) is 19.1 Å². The third-order valence-corrected chi connectivity index (χ3v) is 3.59. The van der Waals surface area contributed by atoms with Gasteiger partial charge in [-0.15, -0.1) is 0 Å². The van der Waals surface area contributed by atoms with Gasteiger partial charge in [-0.2, -0.15) is 0 Å². The molecule has 1 saturated heterocycles.